The number of fused-ring (bicyclic) bond motifs is 1. The first-order valence-corrected chi connectivity index (χ1v) is 10.2. The molecule has 2 aromatic carbocycles. The molecule has 3 aromatic heterocycles. The Balaban J connectivity index is 1.51. The van der Waals surface area contributed by atoms with Crippen molar-refractivity contribution in [3.05, 3.63) is 93.5 Å². The van der Waals surface area contributed by atoms with Gasteiger partial charge in [0.25, 0.3) is 5.56 Å². The second-order valence-electron chi connectivity index (χ2n) is 6.56. The van der Waals surface area contributed by atoms with Gasteiger partial charge in [-0.1, -0.05) is 59.2 Å². The highest BCUT2D eigenvalue weighted by atomic mass is 35.5. The molecule has 0 aliphatic carbocycles. The summed E-state index contributed by atoms with van der Waals surface area (Å²) in [4.78, 5) is 18.3. The van der Waals surface area contributed by atoms with Gasteiger partial charge in [0.1, 0.15) is 10.5 Å². The lowest BCUT2D eigenvalue weighted by atomic mass is 10.1. The van der Waals surface area contributed by atoms with Gasteiger partial charge in [0, 0.05) is 27.6 Å². The van der Waals surface area contributed by atoms with Crippen LogP contribution in [0.25, 0.3) is 32.6 Å². The smallest absolute Gasteiger partial charge is 0.263 e. The van der Waals surface area contributed by atoms with Gasteiger partial charge in [0.05, 0.1) is 18.3 Å². The van der Waals surface area contributed by atoms with Gasteiger partial charge < -0.3 is 4.52 Å². The maximum atomic E-state index is 13.2. The predicted octanol–water partition coefficient (Wildman–Crippen LogP) is 5.48. The van der Waals surface area contributed by atoms with E-state index in [0.29, 0.717) is 21.9 Å². The Morgan fingerprint density at radius 1 is 1.03 bits per heavy atom. The normalized spacial score (nSPS) is 11.2. The minimum absolute atomic E-state index is 0.0976. The average Bonchev–Trinajstić information content (AvgIpc) is 3.39. The number of rotatable bonds is 4. The second-order valence-corrected chi connectivity index (χ2v) is 7.85. The fourth-order valence-electron chi connectivity index (χ4n) is 3.22. The number of nitrogens with zero attached hydrogens (tertiary/aromatic N) is 3. The van der Waals surface area contributed by atoms with E-state index in [9.17, 15) is 4.79 Å². The number of hydrogen-bond acceptors (Lipinski definition) is 5. The number of hydrogen-bond donors (Lipinski definition) is 0. The Hall–Kier alpha value is -3.22. The lowest BCUT2D eigenvalue weighted by molar-refractivity contribution is 0.376. The zero-order valence-electron chi connectivity index (χ0n) is 15.1. The molecule has 142 valence electrons. The summed E-state index contributed by atoms with van der Waals surface area (Å²) in [5, 5.41) is 7.37. The van der Waals surface area contributed by atoms with Crippen LogP contribution in [0.3, 0.4) is 0 Å². The summed E-state index contributed by atoms with van der Waals surface area (Å²) in [7, 11) is 0. The molecule has 0 unspecified atom stereocenters. The molecule has 0 aliphatic rings. The maximum Gasteiger partial charge on any atom is 0.263 e. The van der Waals surface area contributed by atoms with E-state index in [2.05, 4.69) is 10.1 Å². The van der Waals surface area contributed by atoms with Crippen molar-refractivity contribution in [3.63, 3.8) is 0 Å². The Morgan fingerprint density at radius 2 is 1.83 bits per heavy atom. The van der Waals surface area contributed by atoms with Crippen LogP contribution in [0.1, 0.15) is 5.76 Å². The van der Waals surface area contributed by atoms with Crippen molar-refractivity contribution in [1.82, 2.24) is 14.7 Å². The van der Waals surface area contributed by atoms with E-state index < -0.39 is 0 Å². The van der Waals surface area contributed by atoms with Gasteiger partial charge in [-0.05, 0) is 17.7 Å². The van der Waals surface area contributed by atoms with Crippen LogP contribution >= 0.6 is 22.9 Å². The van der Waals surface area contributed by atoms with Gasteiger partial charge in [-0.15, -0.1) is 11.3 Å². The Morgan fingerprint density at radius 3 is 2.62 bits per heavy atom. The van der Waals surface area contributed by atoms with E-state index >= 15 is 0 Å². The molecule has 5 rings (SSSR count). The van der Waals surface area contributed by atoms with E-state index in [1.165, 1.54) is 11.3 Å². The summed E-state index contributed by atoms with van der Waals surface area (Å²) in [5.74, 6) is 0.578. The van der Waals surface area contributed by atoms with Crippen molar-refractivity contribution in [2.75, 3.05) is 0 Å². The molecule has 0 aliphatic heterocycles. The van der Waals surface area contributed by atoms with E-state index in [0.717, 1.165) is 21.5 Å². The van der Waals surface area contributed by atoms with Crippen LogP contribution in [0, 0.1) is 0 Å². The maximum absolute atomic E-state index is 13.2. The van der Waals surface area contributed by atoms with E-state index in [1.54, 1.807) is 23.0 Å². The molecule has 0 saturated carbocycles. The lowest BCUT2D eigenvalue weighted by Crippen LogP contribution is -2.20. The topological polar surface area (TPSA) is 60.9 Å². The molecule has 0 bridgehead atoms. The van der Waals surface area contributed by atoms with Crippen LogP contribution < -0.4 is 5.56 Å². The first-order valence-electron chi connectivity index (χ1n) is 8.92. The van der Waals surface area contributed by atoms with Crippen LogP contribution in [-0.2, 0) is 6.54 Å². The monoisotopic (exact) mass is 419 g/mol. The Bertz CT molecular complexity index is 1350. The molecule has 0 N–H and O–H groups in total. The van der Waals surface area contributed by atoms with Crippen molar-refractivity contribution >= 4 is 33.2 Å². The number of halogens is 1. The average molecular weight is 420 g/mol. The third-order valence-corrected chi connectivity index (χ3v) is 5.81. The molecule has 7 heteroatoms. The minimum Gasteiger partial charge on any atom is -0.359 e. The van der Waals surface area contributed by atoms with Gasteiger partial charge in [-0.3, -0.25) is 9.36 Å². The lowest BCUT2D eigenvalue weighted by Gasteiger charge is -2.04. The first-order chi connectivity index (χ1) is 14.2. The van der Waals surface area contributed by atoms with Crippen LogP contribution in [0.2, 0.25) is 5.02 Å². The molecule has 0 atom stereocenters. The zero-order chi connectivity index (χ0) is 19.8. The van der Waals surface area contributed by atoms with Crippen LogP contribution in [0.4, 0.5) is 0 Å². The summed E-state index contributed by atoms with van der Waals surface area (Å²) in [6.45, 7) is 0.256. The van der Waals surface area contributed by atoms with Crippen molar-refractivity contribution in [2.24, 2.45) is 0 Å². The Labute approximate surface area is 174 Å². The summed E-state index contributed by atoms with van der Waals surface area (Å²) in [6, 6.07) is 19.0. The molecule has 3 heterocycles. The molecule has 0 amide bonds. The van der Waals surface area contributed by atoms with E-state index in [1.807, 2.05) is 53.9 Å². The third-order valence-electron chi connectivity index (χ3n) is 4.67. The zero-order valence-corrected chi connectivity index (χ0v) is 16.7. The van der Waals surface area contributed by atoms with Crippen molar-refractivity contribution in [2.45, 2.75) is 6.54 Å². The van der Waals surface area contributed by atoms with Gasteiger partial charge in [0.15, 0.2) is 5.76 Å². The summed E-state index contributed by atoms with van der Waals surface area (Å²) < 4.78 is 7.00. The van der Waals surface area contributed by atoms with Crippen LogP contribution in [0.5, 0.6) is 0 Å². The first kappa shape index (κ1) is 17.8. The molecule has 0 spiro atoms. The fraction of sp³-hybridized carbons (Fsp3) is 0.0455. The van der Waals surface area contributed by atoms with E-state index in [4.69, 9.17) is 16.1 Å². The summed E-state index contributed by atoms with van der Waals surface area (Å²) in [5.41, 5.74) is 3.39. The number of aromatic nitrogens is 3. The molecular weight excluding hydrogens is 406 g/mol. The largest absolute Gasteiger partial charge is 0.359 e. The third kappa shape index (κ3) is 3.37. The Kier molecular flexibility index (Phi) is 4.50. The highest BCUT2D eigenvalue weighted by molar-refractivity contribution is 7.17. The highest BCUT2D eigenvalue weighted by Gasteiger charge is 2.15. The molecule has 5 aromatic rings. The summed E-state index contributed by atoms with van der Waals surface area (Å²) in [6.07, 6.45) is 1.56. The van der Waals surface area contributed by atoms with Crippen LogP contribution in [-0.4, -0.2) is 14.7 Å². The van der Waals surface area contributed by atoms with E-state index in [-0.39, 0.29) is 12.1 Å². The highest BCUT2D eigenvalue weighted by Crippen LogP contribution is 2.30. The molecule has 0 saturated heterocycles. The summed E-state index contributed by atoms with van der Waals surface area (Å²) >= 11 is 7.41. The fourth-order valence-corrected chi connectivity index (χ4v) is 4.25. The minimum atomic E-state index is -0.0976. The number of benzene rings is 2. The molecule has 5 nitrogen and oxygen atoms in total. The number of thiophene rings is 1. The SMILES string of the molecule is O=c1c2c(-c3ccccc3)csc2ncn1Cc1cc(-c2ccc(Cl)cc2)no1. The quantitative estimate of drug-likeness (QED) is 0.387. The molecule has 0 radical (unpaired) electrons. The van der Waals surface area contributed by atoms with Crippen molar-refractivity contribution in [1.29, 1.82) is 0 Å². The van der Waals surface area contributed by atoms with Gasteiger partial charge in [-0.2, -0.15) is 0 Å². The van der Waals surface area contributed by atoms with Crippen LogP contribution in [0.15, 0.2) is 81.7 Å². The van der Waals surface area contributed by atoms with Gasteiger partial charge >= 0.3 is 0 Å². The predicted molar refractivity (Wildman–Crippen MR) is 115 cm³/mol. The van der Waals surface area contributed by atoms with Gasteiger partial charge in [0.2, 0.25) is 0 Å². The van der Waals surface area contributed by atoms with Gasteiger partial charge in [-0.25, -0.2) is 4.98 Å². The van der Waals surface area contributed by atoms with Crippen molar-refractivity contribution in [3.8, 4) is 22.4 Å². The standard InChI is InChI=1S/C22H14ClN3O2S/c23-16-8-6-15(7-9-16)19-10-17(28-25-19)11-26-13-24-21-20(22(26)27)18(12-29-21)14-4-2-1-3-5-14/h1-10,12-13H,11H2. The molecule has 0 fully saturated rings. The molecular formula is C22H14ClN3O2S. The molecule has 29 heavy (non-hydrogen) atoms. The second kappa shape index (κ2) is 7.31. The van der Waals surface area contributed by atoms with Crippen molar-refractivity contribution < 1.29 is 4.52 Å².